The van der Waals surface area contributed by atoms with Crippen LogP contribution >= 0.6 is 0 Å². The molecule has 3 aromatic rings. The van der Waals surface area contributed by atoms with Gasteiger partial charge in [0, 0.05) is 24.2 Å². The standard InChI is InChI=1S/C26H26N6O3/c33-22(16-32-24(34)26(28-25(32)35)14-13-17-6-3-4-7-20(17)26)27-19-11-9-18(10-12-19)23-30-29-21-8-2-1-5-15-31(21)23/h3-4,6-7,9-12H,1-2,5,8,13-16H2,(H,27,33)(H,28,35). The van der Waals surface area contributed by atoms with E-state index in [1.54, 1.807) is 12.1 Å². The van der Waals surface area contributed by atoms with Crippen LogP contribution in [-0.4, -0.2) is 44.1 Å². The Morgan fingerprint density at radius 2 is 1.83 bits per heavy atom. The third kappa shape index (κ3) is 3.58. The number of amides is 4. The first-order valence-electron chi connectivity index (χ1n) is 12.1. The fraction of sp³-hybridized carbons (Fsp3) is 0.346. The zero-order valence-corrected chi connectivity index (χ0v) is 19.3. The van der Waals surface area contributed by atoms with E-state index in [4.69, 9.17) is 0 Å². The van der Waals surface area contributed by atoms with E-state index in [2.05, 4.69) is 25.4 Å². The van der Waals surface area contributed by atoms with Gasteiger partial charge >= 0.3 is 6.03 Å². The smallest absolute Gasteiger partial charge is 0.325 e. The van der Waals surface area contributed by atoms with E-state index in [1.807, 2.05) is 36.4 Å². The highest BCUT2D eigenvalue weighted by Gasteiger charge is 2.55. The summed E-state index contributed by atoms with van der Waals surface area (Å²) in [6, 6.07) is 14.5. The number of urea groups is 1. The molecule has 2 aliphatic heterocycles. The number of hydrogen-bond donors (Lipinski definition) is 2. The van der Waals surface area contributed by atoms with Crippen molar-refractivity contribution >= 4 is 23.5 Å². The Bertz CT molecular complexity index is 1330. The van der Waals surface area contributed by atoms with Crippen LogP contribution in [0.1, 0.15) is 42.6 Å². The van der Waals surface area contributed by atoms with Crippen LogP contribution in [-0.2, 0) is 34.5 Å². The maximum atomic E-state index is 13.3. The van der Waals surface area contributed by atoms with Gasteiger partial charge in [0.25, 0.3) is 5.91 Å². The Hall–Kier alpha value is -4.01. The quantitative estimate of drug-likeness (QED) is 0.570. The average Bonchev–Trinajstić information content (AvgIpc) is 3.44. The first-order valence-corrected chi connectivity index (χ1v) is 12.1. The van der Waals surface area contributed by atoms with Gasteiger partial charge in [0.15, 0.2) is 5.82 Å². The summed E-state index contributed by atoms with van der Waals surface area (Å²) in [6.07, 6.45) is 5.60. The van der Waals surface area contributed by atoms with Crippen molar-refractivity contribution in [2.75, 3.05) is 11.9 Å². The number of anilines is 1. The summed E-state index contributed by atoms with van der Waals surface area (Å²) in [5, 5.41) is 14.4. The van der Waals surface area contributed by atoms with Crippen molar-refractivity contribution in [3.8, 4) is 11.4 Å². The molecule has 6 rings (SSSR count). The molecule has 1 saturated heterocycles. The Labute approximate surface area is 202 Å². The third-order valence-corrected chi connectivity index (χ3v) is 7.26. The number of carbonyl (C=O) groups is 3. The Balaban J connectivity index is 1.14. The van der Waals surface area contributed by atoms with E-state index in [9.17, 15) is 14.4 Å². The van der Waals surface area contributed by atoms with Crippen molar-refractivity contribution in [1.82, 2.24) is 25.0 Å². The number of benzene rings is 2. The van der Waals surface area contributed by atoms with E-state index in [1.165, 1.54) is 6.42 Å². The van der Waals surface area contributed by atoms with Crippen LogP contribution in [0.15, 0.2) is 48.5 Å². The molecule has 1 atom stereocenters. The molecule has 4 amide bonds. The molecule has 2 N–H and O–H groups in total. The van der Waals surface area contributed by atoms with Crippen molar-refractivity contribution in [2.45, 2.75) is 50.6 Å². The van der Waals surface area contributed by atoms with Gasteiger partial charge in [-0.25, -0.2) is 4.79 Å². The van der Waals surface area contributed by atoms with Crippen LogP contribution in [0.3, 0.4) is 0 Å². The molecule has 1 spiro atoms. The third-order valence-electron chi connectivity index (χ3n) is 7.26. The predicted octanol–water partition coefficient (Wildman–Crippen LogP) is 3.00. The van der Waals surface area contributed by atoms with Gasteiger partial charge in [0.2, 0.25) is 5.91 Å². The van der Waals surface area contributed by atoms with Crippen LogP contribution in [0.4, 0.5) is 10.5 Å². The first-order chi connectivity index (χ1) is 17.0. The van der Waals surface area contributed by atoms with Crippen molar-refractivity contribution in [2.24, 2.45) is 0 Å². The molecule has 35 heavy (non-hydrogen) atoms. The van der Waals surface area contributed by atoms with Gasteiger partial charge < -0.3 is 15.2 Å². The van der Waals surface area contributed by atoms with Crippen LogP contribution in [0.5, 0.6) is 0 Å². The van der Waals surface area contributed by atoms with Gasteiger partial charge in [-0.2, -0.15) is 0 Å². The highest BCUT2D eigenvalue weighted by molar-refractivity contribution is 6.10. The second kappa shape index (κ2) is 8.33. The number of rotatable bonds is 4. The van der Waals surface area contributed by atoms with Gasteiger partial charge in [-0.1, -0.05) is 30.7 Å². The molecule has 0 saturated carbocycles. The highest BCUT2D eigenvalue weighted by atomic mass is 16.2. The number of hydrogen-bond acceptors (Lipinski definition) is 5. The van der Waals surface area contributed by atoms with Crippen LogP contribution in [0.2, 0.25) is 0 Å². The summed E-state index contributed by atoms with van der Waals surface area (Å²) in [5.74, 6) is 1.05. The normalized spacial score (nSPS) is 21.0. The number of carbonyl (C=O) groups excluding carboxylic acids is 3. The molecule has 0 bridgehead atoms. The molecule has 1 fully saturated rings. The molecule has 9 nitrogen and oxygen atoms in total. The lowest BCUT2D eigenvalue weighted by Gasteiger charge is -2.22. The number of imide groups is 1. The second-order valence-electron chi connectivity index (χ2n) is 9.41. The number of fused-ring (bicyclic) bond motifs is 3. The summed E-state index contributed by atoms with van der Waals surface area (Å²) < 4.78 is 2.18. The summed E-state index contributed by atoms with van der Waals surface area (Å²) in [4.78, 5) is 39.7. The van der Waals surface area contributed by atoms with E-state index < -0.39 is 17.5 Å². The van der Waals surface area contributed by atoms with E-state index in [-0.39, 0.29) is 12.5 Å². The first kappa shape index (κ1) is 21.5. The minimum absolute atomic E-state index is 0.339. The zero-order chi connectivity index (χ0) is 24.0. The summed E-state index contributed by atoms with van der Waals surface area (Å²) in [7, 11) is 0. The molecule has 1 unspecified atom stereocenters. The largest absolute Gasteiger partial charge is 0.325 e. The van der Waals surface area contributed by atoms with E-state index in [0.717, 1.165) is 59.0 Å². The summed E-state index contributed by atoms with van der Waals surface area (Å²) >= 11 is 0. The van der Waals surface area contributed by atoms with Gasteiger partial charge in [-0.15, -0.1) is 10.2 Å². The van der Waals surface area contributed by atoms with Gasteiger partial charge in [-0.05, 0) is 61.1 Å². The maximum Gasteiger partial charge on any atom is 0.325 e. The fourth-order valence-corrected chi connectivity index (χ4v) is 5.48. The van der Waals surface area contributed by atoms with Crippen molar-refractivity contribution in [1.29, 1.82) is 0 Å². The van der Waals surface area contributed by atoms with E-state index in [0.29, 0.717) is 18.5 Å². The lowest BCUT2D eigenvalue weighted by atomic mass is 9.92. The molecule has 1 aromatic heterocycles. The Morgan fingerprint density at radius 3 is 2.69 bits per heavy atom. The molecular formula is C26H26N6O3. The minimum Gasteiger partial charge on any atom is -0.325 e. The predicted molar refractivity (Wildman–Crippen MR) is 128 cm³/mol. The van der Waals surface area contributed by atoms with Crippen LogP contribution in [0.25, 0.3) is 11.4 Å². The van der Waals surface area contributed by atoms with Crippen molar-refractivity contribution < 1.29 is 14.4 Å². The molecule has 178 valence electrons. The van der Waals surface area contributed by atoms with Crippen molar-refractivity contribution in [3.63, 3.8) is 0 Å². The highest BCUT2D eigenvalue weighted by Crippen LogP contribution is 2.41. The molecule has 1 aliphatic carbocycles. The summed E-state index contributed by atoms with van der Waals surface area (Å²) in [5.41, 5.74) is 2.33. The van der Waals surface area contributed by atoms with Gasteiger partial charge in [0.1, 0.15) is 17.9 Å². The lowest BCUT2D eigenvalue weighted by Crippen LogP contribution is -2.42. The monoisotopic (exact) mass is 470 g/mol. The molecule has 2 aromatic carbocycles. The van der Waals surface area contributed by atoms with Gasteiger partial charge in [0.05, 0.1) is 0 Å². The Morgan fingerprint density at radius 1 is 1.00 bits per heavy atom. The second-order valence-corrected chi connectivity index (χ2v) is 9.41. The molecule has 9 heteroatoms. The van der Waals surface area contributed by atoms with Crippen LogP contribution < -0.4 is 10.6 Å². The number of nitrogens with zero attached hydrogens (tertiary/aromatic N) is 4. The Kier molecular flexibility index (Phi) is 5.12. The van der Waals surface area contributed by atoms with Gasteiger partial charge in [-0.3, -0.25) is 14.5 Å². The average molecular weight is 471 g/mol. The zero-order valence-electron chi connectivity index (χ0n) is 19.3. The van der Waals surface area contributed by atoms with Crippen molar-refractivity contribution in [3.05, 3.63) is 65.5 Å². The number of aryl methyl sites for hydroxylation is 2. The molecule has 0 radical (unpaired) electrons. The van der Waals surface area contributed by atoms with E-state index >= 15 is 0 Å². The minimum atomic E-state index is -1.06. The molecule has 3 aliphatic rings. The maximum absolute atomic E-state index is 13.3. The molecular weight excluding hydrogens is 444 g/mol. The molecule has 3 heterocycles. The fourth-order valence-electron chi connectivity index (χ4n) is 5.48. The topological polar surface area (TPSA) is 109 Å². The van der Waals surface area contributed by atoms with Crippen LogP contribution in [0, 0.1) is 0 Å². The summed E-state index contributed by atoms with van der Waals surface area (Å²) in [6.45, 7) is 0.571. The number of aromatic nitrogens is 3. The SMILES string of the molecule is O=C(CN1C(=O)NC2(CCc3ccccc32)C1=O)Nc1ccc(-c2nnc3n2CCCCC3)cc1. The lowest BCUT2D eigenvalue weighted by molar-refractivity contribution is -0.134. The number of nitrogens with one attached hydrogen (secondary N) is 2.